The van der Waals surface area contributed by atoms with E-state index in [9.17, 15) is 18.4 Å². The minimum Gasteiger partial charge on any atom is -0.448 e. The fourth-order valence-electron chi connectivity index (χ4n) is 2.20. The lowest BCUT2D eigenvalue weighted by Crippen LogP contribution is -2.30. The molecule has 2 amide bonds. The average molecular weight is 312 g/mol. The molecular formula is C15H18F2N2O3. The van der Waals surface area contributed by atoms with E-state index < -0.39 is 11.6 Å². The van der Waals surface area contributed by atoms with Crippen LogP contribution >= 0.6 is 0 Å². The van der Waals surface area contributed by atoms with Gasteiger partial charge in [-0.05, 0) is 24.5 Å². The highest BCUT2D eigenvalue weighted by molar-refractivity contribution is 5.76. The predicted octanol–water partition coefficient (Wildman–Crippen LogP) is 1.86. The number of carbonyl (C=O) groups excluding carboxylic acids is 2. The molecule has 0 saturated carbocycles. The van der Waals surface area contributed by atoms with E-state index in [1.165, 1.54) is 12.1 Å². The minimum atomic E-state index is -0.907. The molecule has 2 rings (SSSR count). The Morgan fingerprint density at radius 3 is 2.91 bits per heavy atom. The lowest BCUT2D eigenvalue weighted by atomic mass is 10.1. The van der Waals surface area contributed by atoms with E-state index in [1.807, 2.05) is 0 Å². The van der Waals surface area contributed by atoms with Gasteiger partial charge in [0.1, 0.15) is 6.61 Å². The highest BCUT2D eigenvalue weighted by Gasteiger charge is 2.20. The molecule has 1 aliphatic rings. The van der Waals surface area contributed by atoms with Crippen LogP contribution < -0.4 is 5.32 Å². The van der Waals surface area contributed by atoms with Crippen molar-refractivity contribution < 1.29 is 23.1 Å². The quantitative estimate of drug-likeness (QED) is 0.782. The van der Waals surface area contributed by atoms with Gasteiger partial charge in [-0.15, -0.1) is 0 Å². The van der Waals surface area contributed by atoms with Crippen LogP contribution in [0.15, 0.2) is 18.2 Å². The van der Waals surface area contributed by atoms with Gasteiger partial charge in [0.05, 0.1) is 6.54 Å². The van der Waals surface area contributed by atoms with Gasteiger partial charge in [0, 0.05) is 19.5 Å². The monoisotopic (exact) mass is 312 g/mol. The number of ether oxygens (including phenoxy) is 1. The standard InChI is InChI=1S/C15H18F2N2O3/c16-12-4-1-3-11(14(12)17)5-6-13(20)18-7-2-8-19-9-10-22-15(19)21/h1,3-4H,2,5-10H2,(H,18,20). The van der Waals surface area contributed by atoms with Crippen LogP contribution in [-0.2, 0) is 16.0 Å². The number of hydrogen-bond donors (Lipinski definition) is 1. The lowest BCUT2D eigenvalue weighted by Gasteiger charge is -2.12. The number of nitrogens with zero attached hydrogens (tertiary/aromatic N) is 1. The average Bonchev–Trinajstić information content (AvgIpc) is 2.90. The third kappa shape index (κ3) is 4.41. The predicted molar refractivity (Wildman–Crippen MR) is 75.2 cm³/mol. The van der Waals surface area contributed by atoms with Gasteiger partial charge in [-0.3, -0.25) is 4.79 Å². The summed E-state index contributed by atoms with van der Waals surface area (Å²) in [6.07, 6.45) is 0.530. The van der Waals surface area contributed by atoms with Crippen molar-refractivity contribution >= 4 is 12.0 Å². The van der Waals surface area contributed by atoms with Gasteiger partial charge in [0.15, 0.2) is 11.6 Å². The molecule has 5 nitrogen and oxygen atoms in total. The molecule has 1 N–H and O–H groups in total. The van der Waals surface area contributed by atoms with Crippen molar-refractivity contribution in [3.63, 3.8) is 0 Å². The van der Waals surface area contributed by atoms with Crippen molar-refractivity contribution in [2.24, 2.45) is 0 Å². The van der Waals surface area contributed by atoms with E-state index in [1.54, 1.807) is 4.90 Å². The molecule has 1 heterocycles. The number of carbonyl (C=O) groups is 2. The van der Waals surface area contributed by atoms with Crippen molar-refractivity contribution in [3.8, 4) is 0 Å². The summed E-state index contributed by atoms with van der Waals surface area (Å²) in [7, 11) is 0. The van der Waals surface area contributed by atoms with Crippen molar-refractivity contribution in [2.45, 2.75) is 19.3 Å². The van der Waals surface area contributed by atoms with Crippen LogP contribution in [0.5, 0.6) is 0 Å². The maximum atomic E-state index is 13.4. The first-order valence-electron chi connectivity index (χ1n) is 7.19. The highest BCUT2D eigenvalue weighted by Crippen LogP contribution is 2.13. The summed E-state index contributed by atoms with van der Waals surface area (Å²) >= 11 is 0. The molecule has 1 fully saturated rings. The van der Waals surface area contributed by atoms with Crippen molar-refractivity contribution in [3.05, 3.63) is 35.4 Å². The second-order valence-electron chi connectivity index (χ2n) is 5.02. The molecule has 0 radical (unpaired) electrons. The maximum absolute atomic E-state index is 13.4. The maximum Gasteiger partial charge on any atom is 0.409 e. The largest absolute Gasteiger partial charge is 0.448 e. The first kappa shape index (κ1) is 16.2. The molecule has 0 aliphatic carbocycles. The lowest BCUT2D eigenvalue weighted by molar-refractivity contribution is -0.121. The Morgan fingerprint density at radius 1 is 1.36 bits per heavy atom. The number of rotatable bonds is 7. The smallest absolute Gasteiger partial charge is 0.409 e. The fraction of sp³-hybridized carbons (Fsp3) is 0.467. The number of benzene rings is 1. The number of nitrogens with one attached hydrogen (secondary N) is 1. The number of cyclic esters (lactones) is 1. The van der Waals surface area contributed by atoms with Gasteiger partial charge in [-0.2, -0.15) is 0 Å². The zero-order chi connectivity index (χ0) is 15.9. The molecule has 0 bridgehead atoms. The first-order valence-corrected chi connectivity index (χ1v) is 7.19. The summed E-state index contributed by atoms with van der Waals surface area (Å²) in [4.78, 5) is 24.4. The Morgan fingerprint density at radius 2 is 2.18 bits per heavy atom. The van der Waals surface area contributed by atoms with Crippen LogP contribution in [0.3, 0.4) is 0 Å². The van der Waals surface area contributed by atoms with E-state index in [2.05, 4.69) is 5.32 Å². The summed E-state index contributed by atoms with van der Waals surface area (Å²) in [6.45, 7) is 1.93. The third-order valence-corrected chi connectivity index (χ3v) is 3.42. The van der Waals surface area contributed by atoms with Gasteiger partial charge in [0.2, 0.25) is 5.91 Å². The summed E-state index contributed by atoms with van der Waals surface area (Å²) in [5.74, 6) is -2.04. The van der Waals surface area contributed by atoms with E-state index in [-0.39, 0.29) is 30.4 Å². The molecule has 1 saturated heterocycles. The number of hydrogen-bond acceptors (Lipinski definition) is 3. The summed E-state index contributed by atoms with van der Waals surface area (Å²) < 4.78 is 31.2. The van der Waals surface area contributed by atoms with Crippen LogP contribution in [0.1, 0.15) is 18.4 Å². The van der Waals surface area contributed by atoms with Crippen molar-refractivity contribution in [2.75, 3.05) is 26.2 Å². The van der Waals surface area contributed by atoms with E-state index >= 15 is 0 Å². The van der Waals surface area contributed by atoms with Crippen molar-refractivity contribution in [1.29, 1.82) is 0 Å². The van der Waals surface area contributed by atoms with Gasteiger partial charge < -0.3 is 15.0 Å². The molecule has 1 aromatic rings. The van der Waals surface area contributed by atoms with Gasteiger partial charge >= 0.3 is 6.09 Å². The molecule has 120 valence electrons. The molecule has 0 spiro atoms. The Balaban J connectivity index is 1.63. The Bertz CT molecular complexity index is 552. The molecule has 1 aromatic carbocycles. The Kier molecular flexibility index (Phi) is 5.68. The van der Waals surface area contributed by atoms with Crippen LogP contribution in [0, 0.1) is 11.6 Å². The van der Waals surface area contributed by atoms with Gasteiger partial charge in [-0.25, -0.2) is 13.6 Å². The van der Waals surface area contributed by atoms with Gasteiger partial charge in [0.25, 0.3) is 0 Å². The number of aryl methyl sites for hydroxylation is 1. The second kappa shape index (κ2) is 7.72. The van der Waals surface area contributed by atoms with E-state index in [0.717, 1.165) is 6.07 Å². The van der Waals surface area contributed by atoms with Crippen LogP contribution in [0.2, 0.25) is 0 Å². The first-order chi connectivity index (χ1) is 10.6. The van der Waals surface area contributed by atoms with Gasteiger partial charge in [-0.1, -0.05) is 12.1 Å². The second-order valence-corrected chi connectivity index (χ2v) is 5.02. The molecule has 0 aromatic heterocycles. The van der Waals surface area contributed by atoms with Crippen LogP contribution in [0.25, 0.3) is 0 Å². The SMILES string of the molecule is O=C(CCc1cccc(F)c1F)NCCCN1CCOC1=O. The highest BCUT2D eigenvalue weighted by atomic mass is 19.2. The third-order valence-electron chi connectivity index (χ3n) is 3.42. The van der Waals surface area contributed by atoms with Crippen molar-refractivity contribution in [1.82, 2.24) is 10.2 Å². The molecule has 0 atom stereocenters. The van der Waals surface area contributed by atoms with E-state index in [4.69, 9.17) is 4.74 Å². The topological polar surface area (TPSA) is 58.6 Å². The summed E-state index contributed by atoms with van der Waals surface area (Å²) in [6, 6.07) is 3.92. The Hall–Kier alpha value is -2.18. The molecule has 1 aliphatic heterocycles. The molecular weight excluding hydrogens is 294 g/mol. The zero-order valence-electron chi connectivity index (χ0n) is 12.1. The fourth-order valence-corrected chi connectivity index (χ4v) is 2.20. The summed E-state index contributed by atoms with van der Waals surface area (Å²) in [5.41, 5.74) is 0.190. The minimum absolute atomic E-state index is 0.0894. The number of halogens is 2. The zero-order valence-corrected chi connectivity index (χ0v) is 12.1. The Labute approximate surface area is 127 Å². The normalized spacial score (nSPS) is 14.1. The number of amides is 2. The van der Waals surface area contributed by atoms with Crippen LogP contribution in [-0.4, -0.2) is 43.1 Å². The van der Waals surface area contributed by atoms with Crippen LogP contribution in [0.4, 0.5) is 13.6 Å². The molecule has 0 unspecified atom stereocenters. The molecule has 7 heteroatoms. The summed E-state index contributed by atoms with van der Waals surface area (Å²) in [5, 5.41) is 2.69. The molecule has 22 heavy (non-hydrogen) atoms. The van der Waals surface area contributed by atoms with E-state index in [0.29, 0.717) is 32.7 Å².